The lowest BCUT2D eigenvalue weighted by molar-refractivity contribution is -0.130. The molecule has 1 amide bonds. The molecule has 8 heteroatoms. The monoisotopic (exact) mass is 255 g/mol. The summed E-state index contributed by atoms with van der Waals surface area (Å²) in [5, 5.41) is 7.55. The first-order valence-corrected chi connectivity index (χ1v) is 5.55. The van der Waals surface area contributed by atoms with Gasteiger partial charge in [0, 0.05) is 0 Å². The van der Waals surface area contributed by atoms with Gasteiger partial charge in [0.25, 0.3) is 5.84 Å². The maximum atomic E-state index is 11.8. The fourth-order valence-corrected chi connectivity index (χ4v) is 0.877. The summed E-state index contributed by atoms with van der Waals surface area (Å²) in [6.45, 7) is 7.17. The first-order valence-electron chi connectivity index (χ1n) is 5.55. The summed E-state index contributed by atoms with van der Waals surface area (Å²) in [5.74, 6) is -0.614. The average Bonchev–Trinajstić information content (AvgIpc) is 2.79. The molecule has 8 nitrogen and oxygen atoms in total. The van der Waals surface area contributed by atoms with Gasteiger partial charge in [0.05, 0.1) is 6.10 Å². The van der Waals surface area contributed by atoms with Crippen molar-refractivity contribution in [3.8, 4) is 0 Å². The summed E-state index contributed by atoms with van der Waals surface area (Å²) in [4.78, 5) is 25.6. The molecule has 0 fully saturated rings. The van der Waals surface area contributed by atoms with Gasteiger partial charge in [0.1, 0.15) is 18.8 Å². The van der Waals surface area contributed by atoms with Crippen LogP contribution in [0.25, 0.3) is 0 Å². The van der Waals surface area contributed by atoms with E-state index in [4.69, 9.17) is 9.68 Å². The highest BCUT2D eigenvalue weighted by atomic mass is 16.7. The van der Waals surface area contributed by atoms with E-state index in [0.29, 0.717) is 0 Å². The molecular weight excluding hydrogens is 238 g/mol. The van der Waals surface area contributed by atoms with E-state index in [-0.39, 0.29) is 18.0 Å². The largest absolute Gasteiger partial charge is 0.391 e. The number of oxime groups is 1. The molecule has 0 aliphatic heterocycles. The van der Waals surface area contributed by atoms with Crippen molar-refractivity contribution in [2.45, 2.75) is 39.9 Å². The maximum Gasteiger partial charge on any atom is 0.316 e. The van der Waals surface area contributed by atoms with Crippen LogP contribution in [-0.4, -0.2) is 38.7 Å². The van der Waals surface area contributed by atoms with E-state index < -0.39 is 5.91 Å². The van der Waals surface area contributed by atoms with Crippen molar-refractivity contribution in [3.63, 3.8) is 0 Å². The van der Waals surface area contributed by atoms with E-state index in [1.54, 1.807) is 27.7 Å². The Labute approximate surface area is 105 Å². The molecule has 0 saturated heterocycles. The van der Waals surface area contributed by atoms with Gasteiger partial charge in [-0.25, -0.2) is 10.5 Å². The molecule has 1 aromatic rings. The van der Waals surface area contributed by atoms with E-state index in [2.05, 4.69) is 20.7 Å². The smallest absolute Gasteiger partial charge is 0.316 e. The number of hydroxylamine groups is 1. The fraction of sp³-hybridized carbons (Fsp3) is 0.600. The van der Waals surface area contributed by atoms with Gasteiger partial charge in [-0.05, 0) is 27.7 Å². The summed E-state index contributed by atoms with van der Waals surface area (Å²) in [5.41, 5.74) is 2.26. The van der Waals surface area contributed by atoms with Crippen LogP contribution < -0.4 is 5.48 Å². The molecule has 1 aromatic heterocycles. The predicted molar refractivity (Wildman–Crippen MR) is 63.4 cm³/mol. The van der Waals surface area contributed by atoms with Gasteiger partial charge in [-0.2, -0.15) is 9.78 Å². The molecule has 0 unspecified atom stereocenters. The molecule has 0 saturated carbocycles. The summed E-state index contributed by atoms with van der Waals surface area (Å²) < 4.78 is 1.20. The van der Waals surface area contributed by atoms with Gasteiger partial charge in [-0.15, -0.1) is 0 Å². The molecule has 100 valence electrons. The van der Waals surface area contributed by atoms with Crippen LogP contribution in [0.4, 0.5) is 0 Å². The second kappa shape index (κ2) is 6.70. The minimum absolute atomic E-state index is 0.0538. The normalized spacial score (nSPS) is 12.0. The Hall–Kier alpha value is -1.96. The topological polar surface area (TPSA) is 90.6 Å². The highest BCUT2D eigenvalue weighted by Gasteiger charge is 2.16. The van der Waals surface area contributed by atoms with Crippen molar-refractivity contribution >= 4 is 11.7 Å². The SMILES string of the molecule is CC(C)O/N=C(/C(=O)NOC(C)C)n1cncn1. The Balaban J connectivity index is 2.78. The van der Waals surface area contributed by atoms with Crippen molar-refractivity contribution in [1.29, 1.82) is 0 Å². The standard InChI is InChI=1S/C10H17N5O3/c1-7(2)17-13-9(15-6-11-5-12-15)10(16)14-18-8(3)4/h5-8H,1-4H3,(H,14,16)/b13-9-. The Morgan fingerprint density at radius 1 is 1.33 bits per heavy atom. The molecule has 0 aliphatic rings. The summed E-state index contributed by atoms with van der Waals surface area (Å²) >= 11 is 0. The van der Waals surface area contributed by atoms with Gasteiger partial charge in [-0.3, -0.25) is 9.63 Å². The Morgan fingerprint density at radius 2 is 2.06 bits per heavy atom. The van der Waals surface area contributed by atoms with Crippen LogP contribution in [0.15, 0.2) is 17.8 Å². The van der Waals surface area contributed by atoms with Crippen LogP contribution in [-0.2, 0) is 14.5 Å². The van der Waals surface area contributed by atoms with Crippen molar-refractivity contribution in [2.75, 3.05) is 0 Å². The summed E-state index contributed by atoms with van der Waals surface area (Å²) in [7, 11) is 0. The van der Waals surface area contributed by atoms with E-state index in [1.807, 2.05) is 0 Å². The lowest BCUT2D eigenvalue weighted by Crippen LogP contribution is -2.37. The number of hydrogen-bond acceptors (Lipinski definition) is 6. The quantitative estimate of drug-likeness (QED) is 0.475. The number of nitrogens with one attached hydrogen (secondary N) is 1. The van der Waals surface area contributed by atoms with Gasteiger partial charge in [-0.1, -0.05) is 5.16 Å². The van der Waals surface area contributed by atoms with Crippen molar-refractivity contribution < 1.29 is 14.5 Å². The zero-order valence-corrected chi connectivity index (χ0v) is 10.8. The lowest BCUT2D eigenvalue weighted by atomic mass is 10.5. The highest BCUT2D eigenvalue weighted by Crippen LogP contribution is 1.93. The van der Waals surface area contributed by atoms with Crippen LogP contribution in [0.2, 0.25) is 0 Å². The molecule has 1 heterocycles. The van der Waals surface area contributed by atoms with E-state index in [9.17, 15) is 4.79 Å². The maximum absolute atomic E-state index is 11.8. The van der Waals surface area contributed by atoms with Crippen molar-refractivity contribution in [1.82, 2.24) is 20.2 Å². The van der Waals surface area contributed by atoms with E-state index in [1.165, 1.54) is 17.3 Å². The Morgan fingerprint density at radius 3 is 2.56 bits per heavy atom. The first-order chi connectivity index (χ1) is 8.50. The number of hydrogen-bond donors (Lipinski definition) is 1. The van der Waals surface area contributed by atoms with Crippen LogP contribution in [0, 0.1) is 0 Å². The second-order valence-corrected chi connectivity index (χ2v) is 4.01. The summed E-state index contributed by atoms with van der Waals surface area (Å²) in [6.07, 6.45) is 2.35. The molecule has 0 atom stereocenters. The van der Waals surface area contributed by atoms with Gasteiger partial charge in [0.2, 0.25) is 0 Å². The third kappa shape index (κ3) is 4.50. The number of carbonyl (C=O) groups is 1. The molecule has 0 aromatic carbocycles. The molecule has 0 spiro atoms. The van der Waals surface area contributed by atoms with Gasteiger partial charge in [0.15, 0.2) is 0 Å². The zero-order valence-electron chi connectivity index (χ0n) is 10.8. The average molecular weight is 255 g/mol. The van der Waals surface area contributed by atoms with Gasteiger partial charge < -0.3 is 4.84 Å². The molecule has 0 aliphatic carbocycles. The fourth-order valence-electron chi connectivity index (χ4n) is 0.877. The summed E-state index contributed by atoms with van der Waals surface area (Å²) in [6, 6.07) is 0. The third-order valence-corrected chi connectivity index (χ3v) is 1.58. The number of carbonyl (C=O) groups excluding carboxylic acids is 1. The first kappa shape index (κ1) is 14.1. The molecule has 0 bridgehead atoms. The second-order valence-electron chi connectivity index (χ2n) is 4.01. The van der Waals surface area contributed by atoms with Crippen molar-refractivity contribution in [3.05, 3.63) is 12.7 Å². The zero-order chi connectivity index (χ0) is 13.5. The highest BCUT2D eigenvalue weighted by molar-refractivity contribution is 6.37. The van der Waals surface area contributed by atoms with Crippen LogP contribution in [0.3, 0.4) is 0 Å². The van der Waals surface area contributed by atoms with Crippen LogP contribution >= 0.6 is 0 Å². The Kier molecular flexibility index (Phi) is 5.25. The number of amides is 1. The van der Waals surface area contributed by atoms with Crippen molar-refractivity contribution in [2.24, 2.45) is 5.16 Å². The van der Waals surface area contributed by atoms with Crippen LogP contribution in [0.1, 0.15) is 27.7 Å². The van der Waals surface area contributed by atoms with Gasteiger partial charge >= 0.3 is 5.91 Å². The predicted octanol–water partition coefficient (Wildman–Crippen LogP) is 0.321. The molecule has 18 heavy (non-hydrogen) atoms. The molecule has 1 N–H and O–H groups in total. The molecule has 1 rings (SSSR count). The number of aromatic nitrogens is 3. The minimum Gasteiger partial charge on any atom is -0.391 e. The molecular formula is C10H17N5O3. The number of nitrogens with zero attached hydrogens (tertiary/aromatic N) is 4. The molecule has 0 radical (unpaired) electrons. The third-order valence-electron chi connectivity index (χ3n) is 1.58. The van der Waals surface area contributed by atoms with E-state index in [0.717, 1.165) is 0 Å². The Bertz CT molecular complexity index is 400. The van der Waals surface area contributed by atoms with E-state index >= 15 is 0 Å². The minimum atomic E-state index is -0.560. The lowest BCUT2D eigenvalue weighted by Gasteiger charge is -2.10. The number of rotatable bonds is 4. The van der Waals surface area contributed by atoms with Crippen LogP contribution in [0.5, 0.6) is 0 Å².